The second-order valence-electron chi connectivity index (χ2n) is 7.14. The zero-order chi connectivity index (χ0) is 23.5. The Morgan fingerprint density at radius 3 is 0.914 bits per heavy atom. The second-order valence-corrected chi connectivity index (χ2v) is 7.96. The average Bonchev–Trinajstić information content (AvgIpc) is 2.82. The molecule has 0 N–H and O–H groups in total. The Morgan fingerprint density at radius 2 is 0.657 bits per heavy atom. The van der Waals surface area contributed by atoms with E-state index in [4.69, 9.17) is 17.5 Å². The van der Waals surface area contributed by atoms with Gasteiger partial charge < -0.3 is 9.11 Å². The molecule has 0 saturated carbocycles. The van der Waals surface area contributed by atoms with Crippen molar-refractivity contribution in [3.63, 3.8) is 0 Å². The van der Waals surface area contributed by atoms with Gasteiger partial charge in [-0.05, 0) is 33.4 Å². The first-order valence-electron chi connectivity index (χ1n) is 10.2. The number of rotatable bonds is 5. The second kappa shape index (κ2) is 16.1. The Bertz CT molecular complexity index is 1200. The van der Waals surface area contributed by atoms with Crippen molar-refractivity contribution in [3.05, 3.63) is 131 Å². The molecule has 0 unspecified atom stereocenters. The van der Waals surface area contributed by atoms with Crippen LogP contribution in [0.1, 0.15) is 22.3 Å². The third kappa shape index (κ3) is 12.7. The molecular weight excluding hydrogens is 478 g/mol. The van der Waals surface area contributed by atoms with Gasteiger partial charge in [0.2, 0.25) is 0 Å². The summed E-state index contributed by atoms with van der Waals surface area (Å²) in [5.41, 5.74) is 7.30. The summed E-state index contributed by atoms with van der Waals surface area (Å²) in [5.74, 6) is 0. The van der Waals surface area contributed by atoms with Gasteiger partial charge in [-0.3, -0.25) is 8.42 Å². The molecule has 0 fully saturated rings. The third-order valence-electron chi connectivity index (χ3n) is 4.69. The van der Waals surface area contributed by atoms with Gasteiger partial charge >= 0.3 is 59.1 Å². The molecule has 0 saturated heterocycles. The van der Waals surface area contributed by atoms with Crippen molar-refractivity contribution in [1.29, 1.82) is 0 Å². The Labute approximate surface area is 251 Å². The summed E-state index contributed by atoms with van der Waals surface area (Å²) in [6.45, 7) is 0. The summed E-state index contributed by atoms with van der Waals surface area (Å²) < 4.78 is 34.1. The van der Waals surface area contributed by atoms with Gasteiger partial charge in [0.15, 0.2) is 0 Å². The van der Waals surface area contributed by atoms with Crippen molar-refractivity contribution in [3.8, 4) is 11.1 Å². The van der Waals surface area contributed by atoms with E-state index in [0.29, 0.717) is 0 Å². The minimum absolute atomic E-state index is 0. The zero-order valence-corrected chi connectivity index (χ0v) is 24.6. The molecule has 7 heteroatoms. The molecule has 0 aliphatic carbocycles. The fourth-order valence-electron chi connectivity index (χ4n) is 3.09. The first-order valence-corrected chi connectivity index (χ1v) is 11.5. The fraction of sp³-hybridized carbons (Fsp3) is 0. The van der Waals surface area contributed by atoms with Crippen LogP contribution in [0.5, 0.6) is 0 Å². The molecule has 0 atom stereocenters. The van der Waals surface area contributed by atoms with Gasteiger partial charge in [0.1, 0.15) is 0 Å². The van der Waals surface area contributed by atoms with E-state index in [-0.39, 0.29) is 59.1 Å². The quantitative estimate of drug-likeness (QED) is 0.172. The molecule has 0 radical (unpaired) electrons. The first kappa shape index (κ1) is 31.3. The number of benzene rings is 4. The van der Waals surface area contributed by atoms with E-state index in [1.165, 1.54) is 33.4 Å². The smallest absolute Gasteiger partial charge is 0.759 e. The molecule has 0 spiro atoms. The Hall–Kier alpha value is -1.77. The van der Waals surface area contributed by atoms with Crippen molar-refractivity contribution in [2.24, 2.45) is 0 Å². The fourth-order valence-corrected chi connectivity index (χ4v) is 3.09. The van der Waals surface area contributed by atoms with Crippen molar-refractivity contribution in [1.82, 2.24) is 0 Å². The molecule has 4 nitrogen and oxygen atoms in total. The Balaban J connectivity index is 0.000000798. The molecular formula is C28H22Na2O4S. The minimum Gasteiger partial charge on any atom is -0.759 e. The van der Waals surface area contributed by atoms with E-state index >= 15 is 0 Å². The predicted octanol–water partition coefficient (Wildman–Crippen LogP) is 0.364. The van der Waals surface area contributed by atoms with Gasteiger partial charge in [0.05, 0.1) is 0 Å². The molecule has 4 rings (SSSR count). The summed E-state index contributed by atoms with van der Waals surface area (Å²) in [7, 11) is -5.17. The zero-order valence-electron chi connectivity index (χ0n) is 19.7. The van der Waals surface area contributed by atoms with E-state index < -0.39 is 10.4 Å². The third-order valence-corrected chi connectivity index (χ3v) is 4.69. The van der Waals surface area contributed by atoms with Crippen LogP contribution in [0.2, 0.25) is 0 Å². The van der Waals surface area contributed by atoms with Crippen molar-refractivity contribution in [2.45, 2.75) is 0 Å². The van der Waals surface area contributed by atoms with Crippen molar-refractivity contribution < 1.29 is 76.6 Å². The molecule has 0 aliphatic rings. The topological polar surface area (TPSA) is 80.3 Å². The molecule has 0 amide bonds. The van der Waals surface area contributed by atoms with Crippen LogP contribution in [-0.4, -0.2) is 17.5 Å². The summed E-state index contributed by atoms with van der Waals surface area (Å²) in [6.07, 6.45) is 8.58. The van der Waals surface area contributed by atoms with E-state index in [2.05, 4.69) is 121 Å². The van der Waals surface area contributed by atoms with Crippen LogP contribution < -0.4 is 59.1 Å². The van der Waals surface area contributed by atoms with Crippen molar-refractivity contribution in [2.75, 3.05) is 0 Å². The molecule has 0 bridgehead atoms. The Kier molecular flexibility index (Phi) is 14.4. The monoisotopic (exact) mass is 500 g/mol. The molecule has 35 heavy (non-hydrogen) atoms. The van der Waals surface area contributed by atoms with Crippen LogP contribution in [0.4, 0.5) is 0 Å². The van der Waals surface area contributed by atoms with E-state index in [0.717, 1.165) is 0 Å². The number of hydrogen-bond donors (Lipinski definition) is 0. The van der Waals surface area contributed by atoms with Gasteiger partial charge in [-0.2, -0.15) is 0 Å². The standard InChI is InChI=1S/C28H22.2Na.H2O4S/c1-3-7-23(8-4-1)11-13-25-15-19-27(20-16-25)28-21-17-26(18-22-28)14-12-24-9-5-2-6-10-24;;;1-5(2,3)4/h1-22H;;;(H2,1,2,3,4)/q;2*+1;/p-2. The summed E-state index contributed by atoms with van der Waals surface area (Å²) >= 11 is 0. The van der Waals surface area contributed by atoms with Gasteiger partial charge in [0.25, 0.3) is 0 Å². The number of hydrogen-bond acceptors (Lipinski definition) is 4. The normalized spacial score (nSPS) is 10.7. The van der Waals surface area contributed by atoms with Gasteiger partial charge in [-0.1, -0.05) is 133 Å². The van der Waals surface area contributed by atoms with Gasteiger partial charge in [-0.25, -0.2) is 0 Å². The first-order chi connectivity index (χ1) is 15.9. The SMILES string of the molecule is C(=Cc1ccc(-c2ccc(C=Cc3ccccc3)cc2)cc1)c1ccccc1.O=S(=O)([O-])[O-].[Na+].[Na+]. The van der Waals surface area contributed by atoms with Crippen LogP contribution in [0.15, 0.2) is 109 Å². The largest absolute Gasteiger partial charge is 1.00 e. The van der Waals surface area contributed by atoms with Crippen LogP contribution >= 0.6 is 0 Å². The molecule has 0 aliphatic heterocycles. The summed E-state index contributed by atoms with van der Waals surface area (Å²) in [4.78, 5) is 0. The van der Waals surface area contributed by atoms with Crippen LogP contribution in [0, 0.1) is 0 Å². The summed E-state index contributed by atoms with van der Waals surface area (Å²) in [5, 5.41) is 0. The maximum atomic E-state index is 8.52. The maximum absolute atomic E-state index is 8.52. The molecule has 4 aromatic rings. The summed E-state index contributed by atoms with van der Waals surface area (Å²) in [6, 6.07) is 38.1. The maximum Gasteiger partial charge on any atom is 1.00 e. The van der Waals surface area contributed by atoms with Crippen LogP contribution in [-0.2, 0) is 10.4 Å². The average molecular weight is 501 g/mol. The van der Waals surface area contributed by atoms with Gasteiger partial charge in [-0.15, -0.1) is 0 Å². The Morgan fingerprint density at radius 1 is 0.429 bits per heavy atom. The van der Waals surface area contributed by atoms with E-state index in [1.807, 2.05) is 12.1 Å². The molecule has 166 valence electrons. The van der Waals surface area contributed by atoms with Crippen LogP contribution in [0.25, 0.3) is 35.4 Å². The molecule has 0 aromatic heterocycles. The molecule has 0 heterocycles. The molecule has 4 aromatic carbocycles. The van der Waals surface area contributed by atoms with Crippen molar-refractivity contribution >= 4 is 34.7 Å². The predicted molar refractivity (Wildman–Crippen MR) is 133 cm³/mol. The van der Waals surface area contributed by atoms with Crippen LogP contribution in [0.3, 0.4) is 0 Å². The van der Waals surface area contributed by atoms with E-state index in [1.54, 1.807) is 0 Å². The minimum atomic E-state index is -5.17. The van der Waals surface area contributed by atoms with E-state index in [9.17, 15) is 0 Å². The van der Waals surface area contributed by atoms with Gasteiger partial charge in [0, 0.05) is 10.4 Å².